The molecule has 2 aromatic rings. The Balaban J connectivity index is 1.42. The van der Waals surface area contributed by atoms with Crippen LogP contribution in [-0.2, 0) is 9.59 Å². The first-order valence-corrected chi connectivity index (χ1v) is 7.80. The van der Waals surface area contributed by atoms with Crippen LogP contribution in [0.1, 0.15) is 23.3 Å². The van der Waals surface area contributed by atoms with Gasteiger partial charge < -0.3 is 9.42 Å². The second-order valence-corrected chi connectivity index (χ2v) is 5.96. The van der Waals surface area contributed by atoms with Crippen LogP contribution in [0.15, 0.2) is 40.9 Å². The second-order valence-electron chi connectivity index (χ2n) is 5.96. The number of amides is 3. The first-order valence-electron chi connectivity index (χ1n) is 7.80. The van der Waals surface area contributed by atoms with Crippen molar-refractivity contribution >= 4 is 17.7 Å². The Morgan fingerprint density at radius 1 is 1.08 bits per heavy atom. The van der Waals surface area contributed by atoms with Crippen LogP contribution in [0.3, 0.4) is 0 Å². The van der Waals surface area contributed by atoms with E-state index < -0.39 is 0 Å². The molecule has 0 saturated carbocycles. The number of carbonyl (C=O) groups is 3. The first kappa shape index (κ1) is 14.6. The van der Waals surface area contributed by atoms with Crippen LogP contribution in [-0.4, -0.2) is 51.8 Å². The van der Waals surface area contributed by atoms with Gasteiger partial charge in [0.25, 0.3) is 5.91 Å². The highest BCUT2D eigenvalue weighted by atomic mass is 16.5. The molecule has 7 nitrogen and oxygen atoms in total. The van der Waals surface area contributed by atoms with Gasteiger partial charge in [-0.25, -0.2) is 0 Å². The van der Waals surface area contributed by atoms with Gasteiger partial charge in [0.15, 0.2) is 11.5 Å². The molecule has 0 N–H and O–H groups in total. The maximum absolute atomic E-state index is 12.4. The summed E-state index contributed by atoms with van der Waals surface area (Å²) in [7, 11) is 0. The Kier molecular flexibility index (Phi) is 3.41. The van der Waals surface area contributed by atoms with E-state index in [4.69, 9.17) is 4.52 Å². The van der Waals surface area contributed by atoms with E-state index in [1.54, 1.807) is 11.0 Å². The smallest absolute Gasteiger partial charge is 0.276 e. The zero-order valence-electron chi connectivity index (χ0n) is 12.8. The fourth-order valence-electron chi connectivity index (χ4n) is 3.06. The molecule has 1 aromatic carbocycles. The molecule has 2 saturated heterocycles. The van der Waals surface area contributed by atoms with Crippen molar-refractivity contribution in [2.24, 2.45) is 0 Å². The molecule has 24 heavy (non-hydrogen) atoms. The molecule has 0 radical (unpaired) electrons. The quantitative estimate of drug-likeness (QED) is 0.795. The minimum Gasteiger partial charge on any atom is -0.355 e. The highest BCUT2D eigenvalue weighted by Gasteiger charge is 2.43. The molecule has 7 heteroatoms. The van der Waals surface area contributed by atoms with Crippen LogP contribution in [0.2, 0.25) is 0 Å². The third kappa shape index (κ3) is 2.38. The number of carbonyl (C=O) groups excluding carboxylic acids is 3. The van der Waals surface area contributed by atoms with E-state index in [0.717, 1.165) is 5.56 Å². The summed E-state index contributed by atoms with van der Waals surface area (Å²) < 4.78 is 5.24. The number of benzene rings is 1. The normalized spacial score (nSPS) is 18.2. The maximum Gasteiger partial charge on any atom is 0.276 e. The van der Waals surface area contributed by atoms with Crippen molar-refractivity contribution in [3.05, 3.63) is 42.1 Å². The number of likely N-dealkylation sites (tertiary alicyclic amines) is 2. The van der Waals surface area contributed by atoms with E-state index in [2.05, 4.69) is 5.16 Å². The van der Waals surface area contributed by atoms with Crippen LogP contribution in [0.25, 0.3) is 11.3 Å². The predicted octanol–water partition coefficient (Wildman–Crippen LogP) is 1.31. The lowest BCUT2D eigenvalue weighted by Crippen LogP contribution is -2.62. The van der Waals surface area contributed by atoms with E-state index >= 15 is 0 Å². The van der Waals surface area contributed by atoms with Crippen molar-refractivity contribution in [1.82, 2.24) is 15.0 Å². The van der Waals surface area contributed by atoms with Gasteiger partial charge in [-0.1, -0.05) is 35.5 Å². The summed E-state index contributed by atoms with van der Waals surface area (Å²) in [6.07, 6.45) is 0.542. The summed E-state index contributed by atoms with van der Waals surface area (Å²) in [6.45, 7) is 0.702. The van der Waals surface area contributed by atoms with E-state index in [-0.39, 0.29) is 42.3 Å². The van der Waals surface area contributed by atoms with Crippen molar-refractivity contribution in [2.75, 3.05) is 13.1 Å². The second kappa shape index (κ2) is 5.59. The average molecular weight is 325 g/mol. The van der Waals surface area contributed by atoms with Gasteiger partial charge in [0.2, 0.25) is 11.8 Å². The number of hydrogen-bond acceptors (Lipinski definition) is 5. The summed E-state index contributed by atoms with van der Waals surface area (Å²) in [4.78, 5) is 38.7. The Labute approximate surface area is 137 Å². The van der Waals surface area contributed by atoms with Crippen LogP contribution < -0.4 is 0 Å². The van der Waals surface area contributed by atoms with Crippen molar-refractivity contribution in [2.45, 2.75) is 18.9 Å². The lowest BCUT2D eigenvalue weighted by molar-refractivity contribution is -0.144. The third-order valence-corrected chi connectivity index (χ3v) is 4.39. The minimum atomic E-state index is -0.253. The molecule has 3 amide bonds. The lowest BCUT2D eigenvalue weighted by atomic mass is 10.1. The number of hydrogen-bond donors (Lipinski definition) is 0. The van der Waals surface area contributed by atoms with Crippen LogP contribution in [0.5, 0.6) is 0 Å². The average Bonchev–Trinajstić information content (AvgIpc) is 3.16. The van der Waals surface area contributed by atoms with Crippen LogP contribution >= 0.6 is 0 Å². The number of imide groups is 1. The lowest BCUT2D eigenvalue weighted by Gasteiger charge is -2.42. The van der Waals surface area contributed by atoms with Crippen molar-refractivity contribution in [1.29, 1.82) is 0 Å². The molecule has 1 aromatic heterocycles. The minimum absolute atomic E-state index is 0.148. The number of nitrogens with zero attached hydrogens (tertiary/aromatic N) is 3. The summed E-state index contributed by atoms with van der Waals surface area (Å²) in [5.41, 5.74) is 1.07. The van der Waals surface area contributed by atoms with Gasteiger partial charge in [-0.2, -0.15) is 0 Å². The molecule has 4 rings (SSSR count). The van der Waals surface area contributed by atoms with E-state index in [1.807, 2.05) is 30.3 Å². The van der Waals surface area contributed by atoms with Gasteiger partial charge in [-0.05, 0) is 0 Å². The van der Waals surface area contributed by atoms with Gasteiger partial charge in [0, 0.05) is 37.6 Å². The van der Waals surface area contributed by atoms with E-state index in [1.165, 1.54) is 4.90 Å². The van der Waals surface area contributed by atoms with E-state index in [9.17, 15) is 14.4 Å². The molecule has 0 spiro atoms. The van der Waals surface area contributed by atoms with Crippen molar-refractivity contribution < 1.29 is 18.9 Å². The van der Waals surface area contributed by atoms with Crippen LogP contribution in [0.4, 0.5) is 0 Å². The molecule has 122 valence electrons. The third-order valence-electron chi connectivity index (χ3n) is 4.39. The maximum atomic E-state index is 12.4. The Morgan fingerprint density at radius 2 is 1.75 bits per heavy atom. The molecule has 0 atom stereocenters. The number of rotatable bonds is 3. The van der Waals surface area contributed by atoms with Gasteiger partial charge >= 0.3 is 0 Å². The fourth-order valence-corrected chi connectivity index (χ4v) is 3.06. The summed E-state index contributed by atoms with van der Waals surface area (Å²) in [5, 5.41) is 3.83. The van der Waals surface area contributed by atoms with Gasteiger partial charge in [0.1, 0.15) is 0 Å². The molecule has 2 aliphatic rings. The molecule has 2 fully saturated rings. The van der Waals surface area contributed by atoms with Gasteiger partial charge in [-0.15, -0.1) is 0 Å². The Bertz CT molecular complexity index is 792. The zero-order valence-corrected chi connectivity index (χ0v) is 12.8. The molecule has 3 heterocycles. The highest BCUT2D eigenvalue weighted by Crippen LogP contribution is 2.25. The molecule has 0 aliphatic carbocycles. The Morgan fingerprint density at radius 3 is 2.42 bits per heavy atom. The molecule has 0 bridgehead atoms. The SMILES string of the molecule is O=C(c1cc(-c2ccccc2)on1)N1CC(N2C(=O)CCC2=O)C1. The highest BCUT2D eigenvalue weighted by molar-refractivity contribution is 6.02. The van der Waals surface area contributed by atoms with Crippen molar-refractivity contribution in [3.8, 4) is 11.3 Å². The topological polar surface area (TPSA) is 83.7 Å². The molecular formula is C17H15N3O4. The largest absolute Gasteiger partial charge is 0.355 e. The van der Waals surface area contributed by atoms with Crippen LogP contribution in [0, 0.1) is 0 Å². The molecule has 2 aliphatic heterocycles. The molecule has 0 unspecified atom stereocenters. The van der Waals surface area contributed by atoms with Gasteiger partial charge in [0.05, 0.1) is 6.04 Å². The fraction of sp³-hybridized carbons (Fsp3) is 0.294. The standard InChI is InChI=1S/C17H15N3O4/c21-15-6-7-16(22)20(15)12-9-19(10-12)17(23)13-8-14(24-18-13)11-4-2-1-3-5-11/h1-5,8,12H,6-7,9-10H2. The van der Waals surface area contributed by atoms with Gasteiger partial charge in [-0.3, -0.25) is 19.3 Å². The molecular weight excluding hydrogens is 310 g/mol. The zero-order chi connectivity index (χ0) is 16.7. The number of aromatic nitrogens is 1. The summed E-state index contributed by atoms with van der Waals surface area (Å²) in [5.74, 6) is -0.0213. The van der Waals surface area contributed by atoms with Crippen molar-refractivity contribution in [3.63, 3.8) is 0 Å². The monoisotopic (exact) mass is 325 g/mol. The van der Waals surface area contributed by atoms with E-state index in [0.29, 0.717) is 18.8 Å². The summed E-state index contributed by atoms with van der Waals surface area (Å²) >= 11 is 0. The first-order chi connectivity index (χ1) is 11.6. The Hall–Kier alpha value is -2.96. The summed E-state index contributed by atoms with van der Waals surface area (Å²) in [6, 6.07) is 10.8. The predicted molar refractivity (Wildman–Crippen MR) is 82.7 cm³/mol.